The van der Waals surface area contributed by atoms with Crippen LogP contribution in [0.2, 0.25) is 0 Å². The highest BCUT2D eigenvalue weighted by Gasteiger charge is 2.17. The first-order valence-corrected chi connectivity index (χ1v) is 7.63. The van der Waals surface area contributed by atoms with E-state index in [9.17, 15) is 9.59 Å². The van der Waals surface area contributed by atoms with Crippen LogP contribution in [-0.4, -0.2) is 28.8 Å². The van der Waals surface area contributed by atoms with E-state index in [1.54, 1.807) is 32.4 Å². The molecule has 1 aliphatic heterocycles. The van der Waals surface area contributed by atoms with Gasteiger partial charge in [0, 0.05) is 25.7 Å². The molecule has 0 bridgehead atoms. The van der Waals surface area contributed by atoms with E-state index < -0.39 is 0 Å². The normalized spacial score (nSPS) is 18.5. The number of rotatable bonds is 3. The number of aryl methyl sites for hydroxylation is 1. The summed E-state index contributed by atoms with van der Waals surface area (Å²) in [5.41, 5.74) is 0.0912. The fourth-order valence-electron chi connectivity index (χ4n) is 3.07. The fraction of sp³-hybridized carbons (Fsp3) is 0.500. The van der Waals surface area contributed by atoms with E-state index in [-0.39, 0.29) is 17.3 Å². The summed E-state index contributed by atoms with van der Waals surface area (Å²) in [7, 11) is 3.25. The number of piperidine rings is 1. The van der Waals surface area contributed by atoms with Gasteiger partial charge in [0.1, 0.15) is 5.75 Å². The second kappa shape index (κ2) is 5.96. The van der Waals surface area contributed by atoms with Crippen molar-refractivity contribution in [1.29, 1.82) is 0 Å². The standard InChI is InChI=1S/C16H21N3O3/c1-18-14-9-12(22-2)6-7-13(14)15(20)19(16(18)21)10-11-5-3-4-8-17-11/h6-7,9,11,17H,3-5,8,10H2,1-2H3. The zero-order valence-electron chi connectivity index (χ0n) is 13.0. The molecule has 2 heterocycles. The van der Waals surface area contributed by atoms with Crippen LogP contribution < -0.4 is 21.3 Å². The average Bonchev–Trinajstić information content (AvgIpc) is 2.57. The molecule has 1 saturated heterocycles. The lowest BCUT2D eigenvalue weighted by atomic mass is 10.1. The Balaban J connectivity index is 2.11. The number of ether oxygens (including phenoxy) is 1. The summed E-state index contributed by atoms with van der Waals surface area (Å²) in [6, 6.07) is 5.38. The van der Waals surface area contributed by atoms with Crippen molar-refractivity contribution >= 4 is 10.9 Å². The lowest BCUT2D eigenvalue weighted by molar-refractivity contribution is 0.353. The van der Waals surface area contributed by atoms with Gasteiger partial charge in [0.15, 0.2) is 0 Å². The van der Waals surface area contributed by atoms with Crippen molar-refractivity contribution in [2.45, 2.75) is 31.8 Å². The van der Waals surface area contributed by atoms with Crippen LogP contribution in [-0.2, 0) is 13.6 Å². The molecule has 0 aliphatic carbocycles. The van der Waals surface area contributed by atoms with Crippen LogP contribution >= 0.6 is 0 Å². The smallest absolute Gasteiger partial charge is 0.331 e. The molecule has 1 aliphatic rings. The fourth-order valence-corrected chi connectivity index (χ4v) is 3.07. The van der Waals surface area contributed by atoms with Gasteiger partial charge in [-0.15, -0.1) is 0 Å². The summed E-state index contributed by atoms with van der Waals surface area (Å²) in [5.74, 6) is 0.633. The SMILES string of the molecule is COc1ccc2c(=O)n(CC3CCCCN3)c(=O)n(C)c2c1. The van der Waals surface area contributed by atoms with Crippen LogP contribution in [0.1, 0.15) is 19.3 Å². The topological polar surface area (TPSA) is 65.3 Å². The number of aromatic nitrogens is 2. The molecule has 0 radical (unpaired) electrons. The molecular formula is C16H21N3O3. The summed E-state index contributed by atoms with van der Waals surface area (Å²) in [4.78, 5) is 25.2. The van der Waals surface area contributed by atoms with E-state index in [2.05, 4.69) is 5.32 Å². The maximum Gasteiger partial charge on any atom is 0.331 e. The summed E-state index contributed by atoms with van der Waals surface area (Å²) in [6.45, 7) is 1.37. The van der Waals surface area contributed by atoms with Crippen LogP contribution in [0.3, 0.4) is 0 Å². The van der Waals surface area contributed by atoms with Gasteiger partial charge in [-0.3, -0.25) is 13.9 Å². The molecule has 118 valence electrons. The number of fused-ring (bicyclic) bond motifs is 1. The van der Waals surface area contributed by atoms with Crippen LogP contribution in [0.15, 0.2) is 27.8 Å². The van der Waals surface area contributed by atoms with Crippen molar-refractivity contribution in [3.05, 3.63) is 39.0 Å². The maximum atomic E-state index is 12.7. The van der Waals surface area contributed by atoms with Crippen molar-refractivity contribution in [2.24, 2.45) is 7.05 Å². The third-order valence-corrected chi connectivity index (χ3v) is 4.37. The second-order valence-electron chi connectivity index (χ2n) is 5.79. The Morgan fingerprint density at radius 2 is 2.14 bits per heavy atom. The number of nitrogens with zero attached hydrogens (tertiary/aromatic N) is 2. The molecular weight excluding hydrogens is 282 g/mol. The molecule has 0 saturated carbocycles. The van der Waals surface area contributed by atoms with Gasteiger partial charge in [-0.05, 0) is 31.5 Å². The van der Waals surface area contributed by atoms with E-state index in [4.69, 9.17) is 4.74 Å². The van der Waals surface area contributed by atoms with Gasteiger partial charge in [-0.1, -0.05) is 6.42 Å². The highest BCUT2D eigenvalue weighted by atomic mass is 16.5. The third-order valence-electron chi connectivity index (χ3n) is 4.37. The van der Waals surface area contributed by atoms with Gasteiger partial charge in [0.2, 0.25) is 0 Å². The molecule has 1 aromatic heterocycles. The molecule has 6 heteroatoms. The lowest BCUT2D eigenvalue weighted by Crippen LogP contribution is -2.46. The predicted molar refractivity (Wildman–Crippen MR) is 85.6 cm³/mol. The van der Waals surface area contributed by atoms with E-state index in [1.165, 1.54) is 9.13 Å². The van der Waals surface area contributed by atoms with Gasteiger partial charge in [-0.25, -0.2) is 4.79 Å². The van der Waals surface area contributed by atoms with Crippen LogP contribution in [0.5, 0.6) is 5.75 Å². The zero-order chi connectivity index (χ0) is 15.7. The van der Waals surface area contributed by atoms with E-state index in [0.717, 1.165) is 25.8 Å². The minimum absolute atomic E-state index is 0.190. The molecule has 1 unspecified atom stereocenters. The summed E-state index contributed by atoms with van der Waals surface area (Å²) < 4.78 is 8.04. The highest BCUT2D eigenvalue weighted by Crippen LogP contribution is 2.16. The molecule has 0 spiro atoms. The van der Waals surface area contributed by atoms with Crippen molar-refractivity contribution in [3.63, 3.8) is 0 Å². The zero-order valence-corrected chi connectivity index (χ0v) is 13.0. The number of benzene rings is 1. The molecule has 3 rings (SSSR count). The minimum Gasteiger partial charge on any atom is -0.497 e. The Bertz CT molecular complexity index is 801. The molecule has 1 aromatic carbocycles. The molecule has 22 heavy (non-hydrogen) atoms. The summed E-state index contributed by atoms with van der Waals surface area (Å²) in [5, 5.41) is 3.92. The first-order chi connectivity index (χ1) is 10.6. The Kier molecular flexibility index (Phi) is 4.02. The summed E-state index contributed by atoms with van der Waals surface area (Å²) in [6.07, 6.45) is 3.29. The van der Waals surface area contributed by atoms with E-state index in [0.29, 0.717) is 23.2 Å². The van der Waals surface area contributed by atoms with Crippen molar-refractivity contribution in [3.8, 4) is 5.75 Å². The van der Waals surface area contributed by atoms with Gasteiger partial charge in [0.25, 0.3) is 5.56 Å². The van der Waals surface area contributed by atoms with Crippen LogP contribution in [0, 0.1) is 0 Å². The monoisotopic (exact) mass is 303 g/mol. The van der Waals surface area contributed by atoms with E-state index >= 15 is 0 Å². The van der Waals surface area contributed by atoms with Gasteiger partial charge >= 0.3 is 5.69 Å². The minimum atomic E-state index is -0.280. The van der Waals surface area contributed by atoms with Crippen LogP contribution in [0.4, 0.5) is 0 Å². The summed E-state index contributed by atoms with van der Waals surface area (Å²) >= 11 is 0. The Labute approximate surface area is 128 Å². The number of methoxy groups -OCH3 is 1. The average molecular weight is 303 g/mol. The predicted octanol–water partition coefficient (Wildman–Crippen LogP) is 0.851. The molecule has 6 nitrogen and oxygen atoms in total. The number of nitrogens with one attached hydrogen (secondary N) is 1. The Morgan fingerprint density at radius 1 is 1.32 bits per heavy atom. The molecule has 0 amide bonds. The van der Waals surface area contributed by atoms with Crippen molar-refractivity contribution in [2.75, 3.05) is 13.7 Å². The van der Waals surface area contributed by atoms with Crippen molar-refractivity contribution in [1.82, 2.24) is 14.5 Å². The van der Waals surface area contributed by atoms with Crippen LogP contribution in [0.25, 0.3) is 10.9 Å². The molecule has 1 atom stereocenters. The molecule has 2 aromatic rings. The third kappa shape index (κ3) is 2.54. The van der Waals surface area contributed by atoms with Crippen molar-refractivity contribution < 1.29 is 4.74 Å². The maximum absolute atomic E-state index is 12.7. The molecule has 1 fully saturated rings. The second-order valence-corrected chi connectivity index (χ2v) is 5.79. The lowest BCUT2D eigenvalue weighted by Gasteiger charge is -2.24. The quantitative estimate of drug-likeness (QED) is 0.913. The Morgan fingerprint density at radius 3 is 2.82 bits per heavy atom. The molecule has 1 N–H and O–H groups in total. The van der Waals surface area contributed by atoms with Gasteiger partial charge in [0.05, 0.1) is 18.0 Å². The highest BCUT2D eigenvalue weighted by molar-refractivity contribution is 5.79. The van der Waals surface area contributed by atoms with E-state index in [1.807, 2.05) is 0 Å². The van der Waals surface area contributed by atoms with Gasteiger partial charge in [-0.2, -0.15) is 0 Å². The first kappa shape index (κ1) is 14.8. The van der Waals surface area contributed by atoms with Gasteiger partial charge < -0.3 is 10.1 Å². The Hall–Kier alpha value is -2.08. The first-order valence-electron chi connectivity index (χ1n) is 7.63. The largest absolute Gasteiger partial charge is 0.497 e. The number of hydrogen-bond acceptors (Lipinski definition) is 4. The number of hydrogen-bond donors (Lipinski definition) is 1.